The predicted molar refractivity (Wildman–Crippen MR) is 142 cm³/mol. The summed E-state index contributed by atoms with van der Waals surface area (Å²) in [5.74, 6) is 0.295. The van der Waals surface area contributed by atoms with Crippen molar-refractivity contribution >= 4 is 23.5 Å². The molecule has 0 atom stereocenters. The number of nitrogens with zero attached hydrogens (tertiary/aromatic N) is 5. The SMILES string of the molecule is CCOC(=O)c1cnc(-c2cccc(C)c2)nc1Nc1c(C(=O)N(CC)CC)cnn1-c1ccccc1. The summed E-state index contributed by atoms with van der Waals surface area (Å²) in [6, 6.07) is 17.2. The smallest absolute Gasteiger partial charge is 0.343 e. The van der Waals surface area contributed by atoms with Gasteiger partial charge < -0.3 is 15.0 Å². The van der Waals surface area contributed by atoms with Crippen LogP contribution in [-0.4, -0.2) is 56.2 Å². The summed E-state index contributed by atoms with van der Waals surface area (Å²) in [6.45, 7) is 8.86. The number of esters is 1. The van der Waals surface area contributed by atoms with Gasteiger partial charge in [0.15, 0.2) is 5.82 Å². The molecule has 1 amide bonds. The quantitative estimate of drug-likeness (QED) is 0.323. The Morgan fingerprint density at radius 1 is 0.973 bits per heavy atom. The lowest BCUT2D eigenvalue weighted by Crippen LogP contribution is -2.30. The lowest BCUT2D eigenvalue weighted by molar-refractivity contribution is 0.0526. The molecule has 1 N–H and O–H groups in total. The van der Waals surface area contributed by atoms with Crippen LogP contribution in [-0.2, 0) is 4.74 Å². The first-order valence-electron chi connectivity index (χ1n) is 12.3. The van der Waals surface area contributed by atoms with E-state index in [1.54, 1.807) is 16.5 Å². The Labute approximate surface area is 216 Å². The Kier molecular flexibility index (Phi) is 7.92. The highest BCUT2D eigenvalue weighted by molar-refractivity contribution is 6.01. The molecule has 0 aliphatic rings. The summed E-state index contributed by atoms with van der Waals surface area (Å²) >= 11 is 0. The van der Waals surface area contributed by atoms with Crippen LogP contribution in [0.4, 0.5) is 11.6 Å². The number of hydrogen-bond donors (Lipinski definition) is 1. The molecule has 0 saturated carbocycles. The van der Waals surface area contributed by atoms with Crippen molar-refractivity contribution in [1.82, 2.24) is 24.6 Å². The van der Waals surface area contributed by atoms with Crippen LogP contribution < -0.4 is 5.32 Å². The fraction of sp³-hybridized carbons (Fsp3) is 0.250. The number of ether oxygens (including phenoxy) is 1. The van der Waals surface area contributed by atoms with Crippen molar-refractivity contribution in [1.29, 1.82) is 0 Å². The van der Waals surface area contributed by atoms with Gasteiger partial charge in [-0.3, -0.25) is 4.79 Å². The van der Waals surface area contributed by atoms with Crippen molar-refractivity contribution in [3.8, 4) is 17.1 Å². The van der Waals surface area contributed by atoms with Gasteiger partial charge in [0, 0.05) is 24.8 Å². The average Bonchev–Trinajstić information content (AvgIpc) is 3.33. The standard InChI is InChI=1S/C28H30N6O3/c1-5-33(6-2)27(35)23-18-30-34(21-14-9-8-10-15-21)26(23)32-25-22(28(36)37-7-3)17-29-24(31-25)20-13-11-12-19(4)16-20/h8-18H,5-7H2,1-4H3,(H,29,31,32). The molecule has 0 fully saturated rings. The Morgan fingerprint density at radius 3 is 2.41 bits per heavy atom. The van der Waals surface area contributed by atoms with Crippen LogP contribution in [0.15, 0.2) is 67.0 Å². The van der Waals surface area contributed by atoms with E-state index in [1.807, 2.05) is 75.4 Å². The van der Waals surface area contributed by atoms with Gasteiger partial charge in [-0.2, -0.15) is 5.10 Å². The highest BCUT2D eigenvalue weighted by atomic mass is 16.5. The molecule has 4 aromatic rings. The van der Waals surface area contributed by atoms with Crippen LogP contribution >= 0.6 is 0 Å². The van der Waals surface area contributed by atoms with E-state index in [4.69, 9.17) is 9.72 Å². The van der Waals surface area contributed by atoms with Gasteiger partial charge in [-0.15, -0.1) is 0 Å². The zero-order valence-electron chi connectivity index (χ0n) is 21.4. The highest BCUT2D eigenvalue weighted by Gasteiger charge is 2.25. The van der Waals surface area contributed by atoms with E-state index in [-0.39, 0.29) is 23.9 Å². The van der Waals surface area contributed by atoms with Crippen LogP contribution in [0, 0.1) is 6.92 Å². The first-order chi connectivity index (χ1) is 18.0. The summed E-state index contributed by atoms with van der Waals surface area (Å²) in [5, 5.41) is 7.74. The summed E-state index contributed by atoms with van der Waals surface area (Å²) in [6.07, 6.45) is 2.97. The summed E-state index contributed by atoms with van der Waals surface area (Å²) in [7, 11) is 0. The molecule has 0 unspecified atom stereocenters. The van der Waals surface area contributed by atoms with Gasteiger partial charge in [0.2, 0.25) is 0 Å². The molecule has 9 nitrogen and oxygen atoms in total. The monoisotopic (exact) mass is 498 g/mol. The van der Waals surface area contributed by atoms with Crippen LogP contribution in [0.5, 0.6) is 0 Å². The lowest BCUT2D eigenvalue weighted by Gasteiger charge is -2.20. The molecule has 0 aliphatic carbocycles. The molecule has 37 heavy (non-hydrogen) atoms. The molecule has 9 heteroatoms. The fourth-order valence-electron chi connectivity index (χ4n) is 3.94. The van der Waals surface area contributed by atoms with Crippen molar-refractivity contribution in [2.75, 3.05) is 25.0 Å². The zero-order valence-corrected chi connectivity index (χ0v) is 21.4. The van der Waals surface area contributed by atoms with E-state index in [2.05, 4.69) is 15.4 Å². The number of hydrogen-bond acceptors (Lipinski definition) is 7. The topological polar surface area (TPSA) is 102 Å². The zero-order chi connectivity index (χ0) is 26.4. The molecule has 0 bridgehead atoms. The molecule has 0 radical (unpaired) electrons. The van der Waals surface area contributed by atoms with E-state index in [0.717, 1.165) is 16.8 Å². The third-order valence-electron chi connectivity index (χ3n) is 5.85. The Balaban J connectivity index is 1.88. The Bertz CT molecular complexity index is 1400. The second kappa shape index (κ2) is 11.5. The number of rotatable bonds is 9. The lowest BCUT2D eigenvalue weighted by atomic mass is 10.1. The minimum absolute atomic E-state index is 0.153. The number of anilines is 2. The van der Waals surface area contributed by atoms with Gasteiger partial charge in [0.05, 0.1) is 18.5 Å². The normalized spacial score (nSPS) is 10.7. The Hall–Kier alpha value is -4.53. The van der Waals surface area contributed by atoms with E-state index in [0.29, 0.717) is 30.3 Å². The molecular weight excluding hydrogens is 468 g/mol. The number of aromatic nitrogens is 4. The van der Waals surface area contributed by atoms with Crippen LogP contribution in [0.3, 0.4) is 0 Å². The Morgan fingerprint density at radius 2 is 1.73 bits per heavy atom. The van der Waals surface area contributed by atoms with Gasteiger partial charge in [-0.25, -0.2) is 19.4 Å². The van der Waals surface area contributed by atoms with Gasteiger partial charge in [0.1, 0.15) is 22.8 Å². The minimum Gasteiger partial charge on any atom is -0.462 e. The minimum atomic E-state index is -0.566. The van der Waals surface area contributed by atoms with E-state index >= 15 is 0 Å². The van der Waals surface area contributed by atoms with Gasteiger partial charge >= 0.3 is 5.97 Å². The van der Waals surface area contributed by atoms with Crippen LogP contribution in [0.25, 0.3) is 17.1 Å². The maximum absolute atomic E-state index is 13.4. The van der Waals surface area contributed by atoms with Gasteiger partial charge in [0.25, 0.3) is 5.91 Å². The van der Waals surface area contributed by atoms with Crippen LogP contribution in [0.1, 0.15) is 47.1 Å². The molecule has 0 saturated heterocycles. The number of para-hydroxylation sites is 1. The number of nitrogens with one attached hydrogen (secondary N) is 1. The van der Waals surface area contributed by atoms with Gasteiger partial charge in [-0.05, 0) is 45.9 Å². The molecule has 2 heterocycles. The number of amides is 1. The van der Waals surface area contributed by atoms with Crippen molar-refractivity contribution in [2.45, 2.75) is 27.7 Å². The summed E-state index contributed by atoms with van der Waals surface area (Å²) < 4.78 is 6.89. The second-order valence-electron chi connectivity index (χ2n) is 8.30. The number of benzene rings is 2. The van der Waals surface area contributed by atoms with Crippen molar-refractivity contribution in [2.24, 2.45) is 0 Å². The molecule has 0 aliphatic heterocycles. The van der Waals surface area contributed by atoms with Crippen molar-refractivity contribution < 1.29 is 14.3 Å². The first-order valence-corrected chi connectivity index (χ1v) is 12.3. The largest absolute Gasteiger partial charge is 0.462 e. The summed E-state index contributed by atoms with van der Waals surface area (Å²) in [4.78, 5) is 37.1. The number of aryl methyl sites for hydroxylation is 1. The van der Waals surface area contributed by atoms with Gasteiger partial charge in [-0.1, -0.05) is 42.0 Å². The summed E-state index contributed by atoms with van der Waals surface area (Å²) in [5.41, 5.74) is 3.11. The maximum Gasteiger partial charge on any atom is 0.343 e. The molecule has 2 aromatic heterocycles. The van der Waals surface area contributed by atoms with E-state index in [1.165, 1.54) is 12.4 Å². The maximum atomic E-state index is 13.4. The van der Waals surface area contributed by atoms with Crippen LogP contribution in [0.2, 0.25) is 0 Å². The average molecular weight is 499 g/mol. The number of carbonyl (C=O) groups excluding carboxylic acids is 2. The molecule has 2 aromatic carbocycles. The molecular formula is C28H30N6O3. The van der Waals surface area contributed by atoms with Crippen molar-refractivity contribution in [3.05, 3.63) is 83.7 Å². The van der Waals surface area contributed by atoms with E-state index < -0.39 is 5.97 Å². The van der Waals surface area contributed by atoms with Crippen molar-refractivity contribution in [3.63, 3.8) is 0 Å². The first kappa shape index (κ1) is 25.6. The number of carbonyl (C=O) groups is 2. The fourth-order valence-corrected chi connectivity index (χ4v) is 3.94. The highest BCUT2D eigenvalue weighted by Crippen LogP contribution is 2.28. The second-order valence-corrected chi connectivity index (χ2v) is 8.30. The third-order valence-corrected chi connectivity index (χ3v) is 5.85. The molecule has 0 spiro atoms. The molecule has 190 valence electrons. The predicted octanol–water partition coefficient (Wildman–Crippen LogP) is 5.04. The molecule has 4 rings (SSSR count). The van der Waals surface area contributed by atoms with E-state index in [9.17, 15) is 9.59 Å². The third kappa shape index (κ3) is 5.50.